The first-order valence-electron chi connectivity index (χ1n) is 20.3. The number of sulfone groups is 1. The van der Waals surface area contributed by atoms with E-state index in [0.29, 0.717) is 86.9 Å². The average molecular weight is 967 g/mol. The van der Waals surface area contributed by atoms with Crippen molar-refractivity contribution in [2.24, 2.45) is 0 Å². The van der Waals surface area contributed by atoms with E-state index in [9.17, 15) is 35.2 Å². The Morgan fingerprint density at radius 2 is 1.71 bits per heavy atom. The van der Waals surface area contributed by atoms with Gasteiger partial charge in [-0.2, -0.15) is 8.78 Å². The molecule has 0 unspecified atom stereocenters. The number of aromatic nitrogens is 4. The van der Waals surface area contributed by atoms with Crippen molar-refractivity contribution < 1.29 is 39.9 Å². The van der Waals surface area contributed by atoms with Crippen LogP contribution in [0.2, 0.25) is 0 Å². The summed E-state index contributed by atoms with van der Waals surface area (Å²) in [6, 6.07) is 21.4. The van der Waals surface area contributed by atoms with Gasteiger partial charge >= 0.3 is 4.71 Å². The molecule has 3 aromatic heterocycles. The molecule has 1 fully saturated rings. The van der Waals surface area contributed by atoms with Gasteiger partial charge in [-0.1, -0.05) is 36.4 Å². The van der Waals surface area contributed by atoms with Crippen molar-refractivity contribution in [3.8, 4) is 0 Å². The maximum Gasteiger partial charge on any atom is 0.427 e. The van der Waals surface area contributed by atoms with Gasteiger partial charge in [-0.15, -0.1) is 11.8 Å². The Morgan fingerprint density at radius 1 is 0.923 bits per heavy atom. The molecule has 2 aliphatic heterocycles. The summed E-state index contributed by atoms with van der Waals surface area (Å²) in [6.45, 7) is 3.75. The molecule has 0 radical (unpaired) electrons. The number of carbonyl (C=O) groups excluding carboxylic acids is 2. The first kappa shape index (κ1) is 45.8. The van der Waals surface area contributed by atoms with Gasteiger partial charge in [-0.3, -0.25) is 19.5 Å². The van der Waals surface area contributed by atoms with E-state index >= 15 is 0 Å². The molecule has 5 heterocycles. The monoisotopic (exact) mass is 965 g/mol. The molecule has 65 heavy (non-hydrogen) atoms. The van der Waals surface area contributed by atoms with Crippen LogP contribution in [-0.2, 0) is 37.6 Å². The minimum atomic E-state index is -5.68. The summed E-state index contributed by atoms with van der Waals surface area (Å²) in [5.74, 6) is -0.501. The molecule has 22 heteroatoms. The molecule has 0 aliphatic carbocycles. The number of thioether (sulfide) groups is 1. The number of morpholine rings is 1. The van der Waals surface area contributed by atoms with Crippen LogP contribution >= 0.6 is 23.4 Å². The number of sulfonamides is 1. The second-order valence-corrected chi connectivity index (χ2v) is 20.6. The van der Waals surface area contributed by atoms with E-state index < -0.39 is 46.3 Å². The number of nitrogens with one attached hydrogen (secondary N) is 3. The Bertz CT molecular complexity index is 2900. The molecule has 1 saturated heterocycles. The normalized spacial score (nSPS) is 15.3. The molecule has 2 aliphatic rings. The van der Waals surface area contributed by atoms with Gasteiger partial charge in [0.15, 0.2) is 11.5 Å². The number of carbonyl (C=O) groups is 2. The fourth-order valence-corrected chi connectivity index (χ4v) is 10.7. The summed E-state index contributed by atoms with van der Waals surface area (Å²) in [7, 11) is -10.6. The zero-order chi connectivity index (χ0) is 45.8. The molecule has 340 valence electrons. The smallest absolute Gasteiger partial charge is 0.380 e. The number of nitrogens with zero attached hydrogens (tertiary/aromatic N) is 6. The van der Waals surface area contributed by atoms with E-state index in [1.54, 1.807) is 47.4 Å². The summed E-state index contributed by atoms with van der Waals surface area (Å²) in [6.07, 6.45) is 7.54. The third kappa shape index (κ3) is 10.7. The van der Waals surface area contributed by atoms with Crippen LogP contribution in [0.1, 0.15) is 38.4 Å². The number of amides is 2. The van der Waals surface area contributed by atoms with Crippen LogP contribution in [0.5, 0.6) is 0 Å². The zero-order valence-corrected chi connectivity index (χ0v) is 37.6. The Hall–Kier alpha value is -5.71. The maximum atomic E-state index is 14.7. The van der Waals surface area contributed by atoms with Gasteiger partial charge in [0, 0.05) is 67.4 Å². The number of fused-ring (bicyclic) bond motifs is 2. The Morgan fingerprint density at radius 3 is 2.48 bits per heavy atom. The van der Waals surface area contributed by atoms with Crippen LogP contribution in [0.25, 0.3) is 5.65 Å². The lowest BCUT2D eigenvalue weighted by atomic mass is 9.94. The van der Waals surface area contributed by atoms with Crippen LogP contribution in [0.4, 0.5) is 26.1 Å². The van der Waals surface area contributed by atoms with Gasteiger partial charge in [-0.25, -0.2) is 31.5 Å². The standard InChI is InChI=1S/C43H42ClF2N9O7S3/c44-43(45,46)64(58,59)37-24-32(12-13-35(37)48-30(15-17-53-20-22-62-23-21-53)28-63-31-7-2-1-3-8-31)65(60,61)52-42(57)36-10-5-11-39(49-36)54-18-14-29-6-4-9-33(34(29)26-54)41(56)51-38-27-55-19-16-47-25-40(55)50-38/h1-13,16,19,24-25,27,30,48H,14-15,17-18,20-23,26,28H2,(H,51,56)(H,52,57)/t30-/m1/s1. The van der Waals surface area contributed by atoms with Crippen LogP contribution in [-0.4, -0.2) is 109 Å². The molecule has 6 aromatic rings. The SMILES string of the molecule is O=C(NS(=O)(=O)c1ccc(N[C@H](CCN2CCOCC2)CSc2ccccc2)c(S(=O)(=O)C(F)(F)Cl)c1)c1cccc(N2CCc3cccc(C(=O)Nc4cn5ccncc5n4)c3C2)n1. The molecule has 0 saturated carbocycles. The lowest BCUT2D eigenvalue weighted by Crippen LogP contribution is -2.39. The van der Waals surface area contributed by atoms with Crippen molar-refractivity contribution in [3.05, 3.63) is 132 Å². The van der Waals surface area contributed by atoms with E-state index in [2.05, 4.69) is 30.5 Å². The van der Waals surface area contributed by atoms with Gasteiger partial charge in [-0.05, 0) is 84.1 Å². The Kier molecular flexibility index (Phi) is 13.7. The molecule has 3 N–H and O–H groups in total. The first-order valence-corrected chi connectivity index (χ1v) is 24.7. The van der Waals surface area contributed by atoms with Gasteiger partial charge in [0.25, 0.3) is 31.7 Å². The van der Waals surface area contributed by atoms with Crippen LogP contribution in [0, 0.1) is 0 Å². The highest BCUT2D eigenvalue weighted by Gasteiger charge is 2.46. The summed E-state index contributed by atoms with van der Waals surface area (Å²) in [5, 5.41) is 5.91. The summed E-state index contributed by atoms with van der Waals surface area (Å²) >= 11 is 6.62. The molecule has 8 rings (SSSR count). The summed E-state index contributed by atoms with van der Waals surface area (Å²) in [4.78, 5) is 43.1. The number of benzene rings is 3. The molecule has 1 atom stereocenters. The van der Waals surface area contributed by atoms with E-state index in [1.165, 1.54) is 23.9 Å². The van der Waals surface area contributed by atoms with Crippen molar-refractivity contribution in [2.75, 3.05) is 60.7 Å². The molecule has 2 amide bonds. The number of rotatable bonds is 16. The molecular formula is C43H42ClF2N9O7S3. The first-order chi connectivity index (χ1) is 31.1. The lowest BCUT2D eigenvalue weighted by Gasteiger charge is -2.31. The molecule has 16 nitrogen and oxygen atoms in total. The van der Waals surface area contributed by atoms with E-state index in [1.807, 2.05) is 46.0 Å². The Labute approximate surface area is 382 Å². The van der Waals surface area contributed by atoms with E-state index in [-0.39, 0.29) is 23.8 Å². The summed E-state index contributed by atoms with van der Waals surface area (Å²) in [5.41, 5.74) is 2.04. The predicted molar refractivity (Wildman–Crippen MR) is 242 cm³/mol. The number of alkyl halides is 3. The van der Waals surface area contributed by atoms with Gasteiger partial charge in [0.2, 0.25) is 0 Å². The maximum absolute atomic E-state index is 14.7. The van der Waals surface area contributed by atoms with Crippen LogP contribution in [0.3, 0.4) is 0 Å². The quantitative estimate of drug-likeness (QED) is 0.0764. The van der Waals surface area contributed by atoms with Gasteiger partial charge in [0.1, 0.15) is 11.5 Å². The highest BCUT2D eigenvalue weighted by atomic mass is 35.5. The number of imidazole rings is 1. The highest BCUT2D eigenvalue weighted by Crippen LogP contribution is 2.38. The second-order valence-electron chi connectivity index (χ2n) is 15.2. The highest BCUT2D eigenvalue weighted by molar-refractivity contribution is 7.99. The van der Waals surface area contributed by atoms with Crippen molar-refractivity contribution in [2.45, 2.75) is 44.8 Å². The predicted octanol–water partition coefficient (Wildman–Crippen LogP) is 5.92. The lowest BCUT2D eigenvalue weighted by molar-refractivity contribution is 0.0370. The van der Waals surface area contributed by atoms with Crippen molar-refractivity contribution >= 4 is 78.0 Å². The minimum Gasteiger partial charge on any atom is -0.380 e. The fourth-order valence-electron chi connectivity index (χ4n) is 7.46. The van der Waals surface area contributed by atoms with E-state index in [0.717, 1.165) is 28.2 Å². The van der Waals surface area contributed by atoms with Crippen molar-refractivity contribution in [3.63, 3.8) is 0 Å². The van der Waals surface area contributed by atoms with Gasteiger partial charge < -0.3 is 24.7 Å². The number of ether oxygens (including phenoxy) is 1. The number of anilines is 3. The van der Waals surface area contributed by atoms with E-state index in [4.69, 9.17) is 16.3 Å². The van der Waals surface area contributed by atoms with Crippen molar-refractivity contribution in [1.29, 1.82) is 0 Å². The molecule has 0 spiro atoms. The fraction of sp³-hybridized carbons (Fsp3) is 0.279. The number of pyridine rings is 1. The van der Waals surface area contributed by atoms with Crippen LogP contribution in [0.15, 0.2) is 124 Å². The van der Waals surface area contributed by atoms with Crippen molar-refractivity contribution in [1.82, 2.24) is 29.0 Å². The molecule has 3 aromatic carbocycles. The largest absolute Gasteiger partial charge is 0.427 e. The molecular weight excluding hydrogens is 924 g/mol. The zero-order valence-electron chi connectivity index (χ0n) is 34.4. The number of hydrogen-bond acceptors (Lipinski definition) is 14. The molecule has 0 bridgehead atoms. The van der Waals surface area contributed by atoms with Crippen LogP contribution < -0.4 is 20.3 Å². The average Bonchev–Trinajstić information content (AvgIpc) is 3.72. The topological polar surface area (TPSA) is 197 Å². The minimum absolute atomic E-state index is 0.228. The summed E-state index contributed by atoms with van der Waals surface area (Å²) < 4.78 is 87.7. The Balaban J connectivity index is 1.000. The number of halogens is 3. The van der Waals surface area contributed by atoms with Gasteiger partial charge in [0.05, 0.1) is 41.1 Å². The second kappa shape index (κ2) is 19.4. The third-order valence-corrected chi connectivity index (χ3v) is 15.5. The third-order valence-electron chi connectivity index (χ3n) is 10.9. The number of hydrogen-bond donors (Lipinski definition) is 3.